The van der Waals surface area contributed by atoms with Crippen LogP contribution in [0, 0.1) is 5.92 Å². The standard InChI is InChI=1S/C32H62O7S.2H3N/c1-3-5-7-9-11-13-15-17-19-21-23-25-27-29(30(33)34)32(31(35)36,40(37,38)39)28-26-24-22-20-18-16-14-12-10-8-6-4-2;;/h29H,3-28H2,1-2H3,(H,33,34)(H,35,36)(H,37,38,39);2*1H3. The summed E-state index contributed by atoms with van der Waals surface area (Å²) in [5.41, 5.74) is 0. The van der Waals surface area contributed by atoms with E-state index in [0.717, 1.165) is 51.4 Å². The Bertz CT molecular complexity index is 749. The highest BCUT2D eigenvalue weighted by Crippen LogP contribution is 2.37. The molecule has 0 aromatic heterocycles. The second-order valence-corrected chi connectivity index (χ2v) is 13.6. The van der Waals surface area contributed by atoms with Crippen molar-refractivity contribution in [2.24, 2.45) is 5.92 Å². The molecule has 0 aromatic carbocycles. The number of aliphatic carboxylic acids is 2. The maximum atomic E-state index is 12.4. The Morgan fingerprint density at radius 1 is 0.548 bits per heavy atom. The summed E-state index contributed by atoms with van der Waals surface area (Å²) in [5.74, 6) is -4.90. The quantitative estimate of drug-likeness (QED) is 0.0381. The van der Waals surface area contributed by atoms with E-state index in [1.54, 1.807) is 0 Å². The van der Waals surface area contributed by atoms with Crippen LogP contribution in [0.25, 0.3) is 0 Å². The highest BCUT2D eigenvalue weighted by atomic mass is 32.2. The molecule has 0 saturated heterocycles. The zero-order valence-electron chi connectivity index (χ0n) is 27.3. The summed E-state index contributed by atoms with van der Waals surface area (Å²) < 4.78 is 32.1. The van der Waals surface area contributed by atoms with Crippen LogP contribution >= 0.6 is 0 Å². The minimum Gasteiger partial charge on any atom is -0.481 e. The molecule has 10 heteroatoms. The van der Waals surface area contributed by atoms with Crippen molar-refractivity contribution in [2.45, 2.75) is 186 Å². The van der Waals surface area contributed by atoms with E-state index >= 15 is 0 Å². The second-order valence-electron chi connectivity index (χ2n) is 11.9. The minimum atomic E-state index is -5.13. The Morgan fingerprint density at radius 2 is 0.833 bits per heavy atom. The summed E-state index contributed by atoms with van der Waals surface area (Å²) in [6, 6.07) is 0. The Hall–Kier alpha value is -1.23. The molecule has 0 rings (SSSR count). The van der Waals surface area contributed by atoms with Crippen molar-refractivity contribution in [3.63, 3.8) is 0 Å². The van der Waals surface area contributed by atoms with Gasteiger partial charge in [-0.25, -0.2) is 0 Å². The summed E-state index contributed by atoms with van der Waals surface area (Å²) >= 11 is 0. The summed E-state index contributed by atoms with van der Waals surface area (Å²) in [6.45, 7) is 4.42. The summed E-state index contributed by atoms with van der Waals surface area (Å²) in [4.78, 5) is 24.4. The number of unbranched alkanes of at least 4 members (excludes halogenated alkanes) is 22. The van der Waals surface area contributed by atoms with E-state index in [0.29, 0.717) is 12.8 Å². The van der Waals surface area contributed by atoms with Crippen molar-refractivity contribution in [2.75, 3.05) is 0 Å². The van der Waals surface area contributed by atoms with Crippen molar-refractivity contribution in [3.8, 4) is 0 Å². The minimum absolute atomic E-state index is 0. The van der Waals surface area contributed by atoms with Gasteiger partial charge in [0.1, 0.15) is 0 Å². The normalized spacial score (nSPS) is 13.5. The van der Waals surface area contributed by atoms with Crippen molar-refractivity contribution in [1.82, 2.24) is 12.3 Å². The predicted octanol–water partition coefficient (Wildman–Crippen LogP) is 9.90. The predicted molar refractivity (Wildman–Crippen MR) is 174 cm³/mol. The molecule has 0 saturated carbocycles. The average molecular weight is 625 g/mol. The smallest absolute Gasteiger partial charge is 0.328 e. The van der Waals surface area contributed by atoms with Gasteiger partial charge in [0.2, 0.25) is 4.75 Å². The monoisotopic (exact) mass is 624 g/mol. The zero-order valence-corrected chi connectivity index (χ0v) is 28.1. The van der Waals surface area contributed by atoms with Gasteiger partial charge in [0.25, 0.3) is 10.1 Å². The molecule has 0 aliphatic rings. The molecule has 0 fully saturated rings. The molecule has 254 valence electrons. The van der Waals surface area contributed by atoms with E-state index in [9.17, 15) is 32.8 Å². The third-order valence-corrected chi connectivity index (χ3v) is 10.0. The van der Waals surface area contributed by atoms with Gasteiger partial charge in [0, 0.05) is 0 Å². The first-order valence-electron chi connectivity index (χ1n) is 16.6. The van der Waals surface area contributed by atoms with Gasteiger partial charge in [-0.15, -0.1) is 0 Å². The van der Waals surface area contributed by atoms with E-state index in [2.05, 4.69) is 13.8 Å². The summed E-state index contributed by atoms with van der Waals surface area (Å²) in [5, 5.41) is 19.8. The molecular weight excluding hydrogens is 556 g/mol. The van der Waals surface area contributed by atoms with Crippen LogP contribution in [-0.2, 0) is 19.7 Å². The molecular formula is C32H68N2O7S. The van der Waals surface area contributed by atoms with Crippen molar-refractivity contribution in [1.29, 1.82) is 0 Å². The van der Waals surface area contributed by atoms with Gasteiger partial charge in [-0.1, -0.05) is 168 Å². The van der Waals surface area contributed by atoms with Crippen molar-refractivity contribution in [3.05, 3.63) is 0 Å². The van der Waals surface area contributed by atoms with Gasteiger partial charge < -0.3 is 22.5 Å². The van der Waals surface area contributed by atoms with Crippen LogP contribution in [0.2, 0.25) is 0 Å². The molecule has 0 bridgehead atoms. The first kappa shape index (κ1) is 45.2. The van der Waals surface area contributed by atoms with Crippen LogP contribution in [-0.4, -0.2) is 39.9 Å². The molecule has 0 aromatic rings. The largest absolute Gasteiger partial charge is 0.481 e. The number of carboxylic acid groups (broad SMARTS) is 2. The second kappa shape index (κ2) is 28.5. The Labute approximate surface area is 258 Å². The molecule has 0 heterocycles. The lowest BCUT2D eigenvalue weighted by molar-refractivity contribution is -0.152. The highest BCUT2D eigenvalue weighted by Gasteiger charge is 2.58. The fourth-order valence-corrected chi connectivity index (χ4v) is 7.02. The first-order valence-corrected chi connectivity index (χ1v) is 18.0. The lowest BCUT2D eigenvalue weighted by Gasteiger charge is -2.32. The fourth-order valence-electron chi connectivity index (χ4n) is 5.82. The van der Waals surface area contributed by atoms with Crippen molar-refractivity contribution < 1.29 is 32.8 Å². The Morgan fingerprint density at radius 3 is 1.10 bits per heavy atom. The SMILES string of the molecule is CCCCCCCCCCCCCCC(C(=O)O)C(CCCCCCCCCCCCCC)(C(=O)O)S(=O)(=O)O.N.N. The van der Waals surface area contributed by atoms with Crippen molar-refractivity contribution >= 4 is 22.1 Å². The van der Waals surface area contributed by atoms with E-state index in [1.807, 2.05) is 0 Å². The fraction of sp³-hybridized carbons (Fsp3) is 0.938. The van der Waals surface area contributed by atoms with E-state index in [4.69, 9.17) is 0 Å². The van der Waals surface area contributed by atoms with Crippen LogP contribution in [0.5, 0.6) is 0 Å². The van der Waals surface area contributed by atoms with Gasteiger partial charge in [-0.05, 0) is 12.8 Å². The number of rotatable bonds is 30. The zero-order chi connectivity index (χ0) is 30.1. The summed E-state index contributed by atoms with van der Waals surface area (Å²) in [6.07, 6.45) is 25.2. The van der Waals surface area contributed by atoms with Gasteiger partial charge in [0.15, 0.2) is 0 Å². The first-order chi connectivity index (χ1) is 19.1. The molecule has 42 heavy (non-hydrogen) atoms. The van der Waals surface area contributed by atoms with Gasteiger partial charge in [0.05, 0.1) is 5.92 Å². The molecule has 0 amide bonds. The molecule has 9 nitrogen and oxygen atoms in total. The third-order valence-electron chi connectivity index (χ3n) is 8.43. The molecule has 2 unspecified atom stereocenters. The van der Waals surface area contributed by atoms with Crippen LogP contribution in [0.15, 0.2) is 0 Å². The molecule has 0 aliphatic carbocycles. The Kier molecular flexibility index (Phi) is 30.7. The average Bonchev–Trinajstić information content (AvgIpc) is 2.89. The van der Waals surface area contributed by atoms with Crippen LogP contribution in [0.4, 0.5) is 0 Å². The van der Waals surface area contributed by atoms with Gasteiger partial charge >= 0.3 is 11.9 Å². The van der Waals surface area contributed by atoms with Gasteiger partial charge in [-0.2, -0.15) is 8.42 Å². The van der Waals surface area contributed by atoms with Crippen LogP contribution < -0.4 is 12.3 Å². The van der Waals surface area contributed by atoms with E-state index in [1.165, 1.54) is 83.5 Å². The lowest BCUT2D eigenvalue weighted by atomic mass is 9.82. The maximum absolute atomic E-state index is 12.4. The van der Waals surface area contributed by atoms with Crippen LogP contribution in [0.1, 0.15) is 181 Å². The number of carbonyl (C=O) groups is 2. The number of carboxylic acids is 2. The molecule has 2 atom stereocenters. The third kappa shape index (κ3) is 19.9. The van der Waals surface area contributed by atoms with E-state index < -0.39 is 32.7 Å². The topological polar surface area (TPSA) is 199 Å². The highest BCUT2D eigenvalue weighted by molar-refractivity contribution is 7.88. The number of hydrogen-bond acceptors (Lipinski definition) is 6. The van der Waals surface area contributed by atoms with E-state index in [-0.39, 0.29) is 31.6 Å². The van der Waals surface area contributed by atoms with Gasteiger partial charge in [-0.3, -0.25) is 14.1 Å². The summed E-state index contributed by atoms with van der Waals surface area (Å²) in [7, 11) is -5.13. The maximum Gasteiger partial charge on any atom is 0.328 e. The lowest BCUT2D eigenvalue weighted by Crippen LogP contribution is -2.55. The number of hydrogen-bond donors (Lipinski definition) is 5. The molecule has 0 spiro atoms. The Balaban J connectivity index is -0.00000760. The molecule has 9 N–H and O–H groups in total. The van der Waals surface area contributed by atoms with Crippen LogP contribution in [0.3, 0.4) is 0 Å². The molecule has 0 radical (unpaired) electrons. The molecule has 0 aliphatic heterocycles.